The van der Waals surface area contributed by atoms with Crippen LogP contribution in [0.2, 0.25) is 0 Å². The topological polar surface area (TPSA) is 98.0 Å². The van der Waals surface area contributed by atoms with E-state index < -0.39 is 24.6 Å². The van der Waals surface area contributed by atoms with Crippen LogP contribution in [0, 0.1) is 5.41 Å². The van der Waals surface area contributed by atoms with Gasteiger partial charge < -0.3 is 20.4 Å². The largest absolute Gasteiger partial charge is 0.481 e. The van der Waals surface area contributed by atoms with Gasteiger partial charge in [0.25, 0.3) is 0 Å². The molecule has 0 saturated heterocycles. The zero-order valence-electron chi connectivity index (χ0n) is 8.11. The van der Waals surface area contributed by atoms with Gasteiger partial charge in [-0.1, -0.05) is 15.9 Å². The monoisotopic (exact) mass is 272 g/mol. The van der Waals surface area contributed by atoms with Crippen LogP contribution >= 0.6 is 15.9 Å². The number of carboxylic acid groups (broad SMARTS) is 1. The lowest BCUT2D eigenvalue weighted by Crippen LogP contribution is -2.35. The van der Waals surface area contributed by atoms with E-state index in [0.717, 1.165) is 11.8 Å². The van der Waals surface area contributed by atoms with Gasteiger partial charge in [0.05, 0.1) is 13.2 Å². The summed E-state index contributed by atoms with van der Waals surface area (Å²) in [5.41, 5.74) is -1.39. The molecule has 0 aromatic heterocycles. The maximum absolute atomic E-state index is 10.2. The van der Waals surface area contributed by atoms with Crippen molar-refractivity contribution in [3.63, 3.8) is 0 Å². The van der Waals surface area contributed by atoms with Gasteiger partial charge in [0.1, 0.15) is 5.41 Å². The summed E-state index contributed by atoms with van der Waals surface area (Å²) in [6, 6.07) is 0. The molecule has 4 N–H and O–H groups in total. The average Bonchev–Trinajstić information content (AvgIpc) is 2.18. The van der Waals surface area contributed by atoms with E-state index in [4.69, 9.17) is 20.4 Å². The number of rotatable bonds is 5. The summed E-state index contributed by atoms with van der Waals surface area (Å²) in [6.07, 6.45) is 0.861. The third kappa shape index (κ3) is 7.25. The van der Waals surface area contributed by atoms with Crippen molar-refractivity contribution in [3.05, 3.63) is 0 Å². The van der Waals surface area contributed by atoms with Gasteiger partial charge in [-0.25, -0.2) is 0 Å². The number of hydrogen-bond acceptors (Lipinski definition) is 4. The van der Waals surface area contributed by atoms with Gasteiger partial charge in [0, 0.05) is 11.9 Å². The Morgan fingerprint density at radius 1 is 1.29 bits per heavy atom. The molecule has 0 fully saturated rings. The molecule has 6 heteroatoms. The Labute approximate surface area is 91.5 Å². The second-order valence-electron chi connectivity index (χ2n) is 2.95. The summed E-state index contributed by atoms with van der Waals surface area (Å²) >= 11 is 3.15. The summed E-state index contributed by atoms with van der Waals surface area (Å²) < 4.78 is 0. The number of halogens is 1. The highest BCUT2D eigenvalue weighted by atomic mass is 79.9. The minimum Gasteiger partial charge on any atom is -0.481 e. The van der Waals surface area contributed by atoms with Gasteiger partial charge in [-0.15, -0.1) is 0 Å². The number of hydrogen-bond donors (Lipinski definition) is 4. The van der Waals surface area contributed by atoms with Crippen molar-refractivity contribution in [3.8, 4) is 0 Å². The van der Waals surface area contributed by atoms with Crippen LogP contribution in [0.15, 0.2) is 0 Å². The quantitative estimate of drug-likeness (QED) is 0.521. The van der Waals surface area contributed by atoms with Crippen LogP contribution in [0.4, 0.5) is 0 Å². The van der Waals surface area contributed by atoms with Gasteiger partial charge in [-0.3, -0.25) is 4.79 Å². The molecule has 0 aromatic carbocycles. The molecule has 14 heavy (non-hydrogen) atoms. The van der Waals surface area contributed by atoms with Crippen molar-refractivity contribution in [2.24, 2.45) is 5.41 Å². The van der Waals surface area contributed by atoms with Crippen molar-refractivity contribution >= 4 is 21.9 Å². The third-order valence-corrected chi connectivity index (χ3v) is 2.07. The molecule has 0 rings (SSSR count). The molecule has 0 aliphatic heterocycles. The predicted octanol–water partition coefficient (Wildman–Crippen LogP) is -0.174. The van der Waals surface area contributed by atoms with Crippen LogP contribution in [0.3, 0.4) is 0 Å². The molecule has 0 unspecified atom stereocenters. The first kappa shape index (κ1) is 16.3. The van der Waals surface area contributed by atoms with Gasteiger partial charge in [-0.05, 0) is 13.3 Å². The van der Waals surface area contributed by atoms with Crippen LogP contribution in [-0.2, 0) is 4.79 Å². The van der Waals surface area contributed by atoms with E-state index >= 15 is 0 Å². The van der Waals surface area contributed by atoms with E-state index in [1.807, 2.05) is 0 Å². The molecule has 0 amide bonds. The van der Waals surface area contributed by atoms with Crippen molar-refractivity contribution in [2.45, 2.75) is 13.3 Å². The molecule has 0 aliphatic carbocycles. The van der Waals surface area contributed by atoms with E-state index in [1.54, 1.807) is 0 Å². The van der Waals surface area contributed by atoms with Crippen molar-refractivity contribution in [1.29, 1.82) is 0 Å². The maximum Gasteiger partial charge on any atom is 0.314 e. The maximum atomic E-state index is 10.2. The van der Waals surface area contributed by atoms with Gasteiger partial charge in [0.15, 0.2) is 0 Å². The van der Waals surface area contributed by atoms with E-state index in [2.05, 4.69) is 15.9 Å². The Hall–Kier alpha value is -0.170. The fraction of sp³-hybridized carbons (Fsp3) is 0.875. The number of aliphatic hydroxyl groups excluding tert-OH is 3. The average molecular weight is 273 g/mol. The van der Waals surface area contributed by atoms with Crippen molar-refractivity contribution < 1.29 is 25.2 Å². The fourth-order valence-corrected chi connectivity index (χ4v) is 0.496. The van der Waals surface area contributed by atoms with E-state index in [0.29, 0.717) is 6.61 Å². The summed E-state index contributed by atoms with van der Waals surface area (Å²) in [4.78, 5) is 10.2. The first-order chi connectivity index (χ1) is 6.48. The van der Waals surface area contributed by atoms with Gasteiger partial charge in [-0.2, -0.15) is 0 Å². The van der Waals surface area contributed by atoms with E-state index in [-0.39, 0.29) is 0 Å². The molecule has 0 saturated carbocycles. The number of carboxylic acids is 1. The first-order valence-corrected chi connectivity index (χ1v) is 5.22. The number of carbonyl (C=O) groups is 1. The van der Waals surface area contributed by atoms with Crippen molar-refractivity contribution in [1.82, 2.24) is 0 Å². The smallest absolute Gasteiger partial charge is 0.314 e. The molecular weight excluding hydrogens is 256 g/mol. The van der Waals surface area contributed by atoms with E-state index in [1.165, 1.54) is 6.92 Å². The molecule has 5 nitrogen and oxygen atoms in total. The summed E-state index contributed by atoms with van der Waals surface area (Å²) in [5.74, 6) is -1.19. The Bertz CT molecular complexity index is 145. The van der Waals surface area contributed by atoms with Gasteiger partial charge in [0.2, 0.25) is 0 Å². The minimum absolute atomic E-state index is 0.297. The Balaban J connectivity index is 0. The zero-order valence-corrected chi connectivity index (χ0v) is 9.70. The van der Waals surface area contributed by atoms with Crippen LogP contribution in [0.5, 0.6) is 0 Å². The molecular formula is C8H17BrO5. The standard InChI is InChI=1S/C5H10O4.C3H7BrO/c1-5(2-6,3-7)4(8)9;4-2-1-3-5/h6-7H,2-3H2,1H3,(H,8,9);5H,1-3H2. The minimum atomic E-state index is -1.39. The second-order valence-corrected chi connectivity index (χ2v) is 3.74. The Morgan fingerprint density at radius 3 is 1.71 bits per heavy atom. The molecule has 86 valence electrons. The highest BCUT2D eigenvalue weighted by Crippen LogP contribution is 2.12. The Kier molecular flexibility index (Phi) is 10.9. The van der Waals surface area contributed by atoms with E-state index in [9.17, 15) is 4.79 Å². The number of aliphatic hydroxyl groups is 3. The third-order valence-electron chi connectivity index (χ3n) is 1.51. The highest BCUT2D eigenvalue weighted by Gasteiger charge is 2.31. The number of alkyl halides is 1. The SMILES string of the molecule is CC(CO)(CO)C(=O)O.OCCCBr. The summed E-state index contributed by atoms with van der Waals surface area (Å²) in [5, 5.41) is 34.1. The lowest BCUT2D eigenvalue weighted by molar-refractivity contribution is -0.152. The molecule has 0 radical (unpaired) electrons. The molecule has 0 aromatic rings. The van der Waals surface area contributed by atoms with Crippen LogP contribution in [0.1, 0.15) is 13.3 Å². The van der Waals surface area contributed by atoms with Crippen LogP contribution in [-0.4, -0.2) is 51.5 Å². The number of aliphatic carboxylic acids is 1. The van der Waals surface area contributed by atoms with Crippen LogP contribution < -0.4 is 0 Å². The zero-order chi connectivity index (χ0) is 11.6. The summed E-state index contributed by atoms with van der Waals surface area (Å²) in [6.45, 7) is 0.484. The normalized spacial score (nSPS) is 10.4. The lowest BCUT2D eigenvalue weighted by atomic mass is 9.94. The fourth-order valence-electron chi connectivity index (χ4n) is 0.245. The second kappa shape index (κ2) is 9.39. The predicted molar refractivity (Wildman–Crippen MR) is 55.4 cm³/mol. The first-order valence-electron chi connectivity index (χ1n) is 4.10. The molecule has 0 bridgehead atoms. The van der Waals surface area contributed by atoms with Crippen molar-refractivity contribution in [2.75, 3.05) is 25.2 Å². The molecule has 0 atom stereocenters. The van der Waals surface area contributed by atoms with Crippen LogP contribution in [0.25, 0.3) is 0 Å². The molecule has 0 aliphatic rings. The van der Waals surface area contributed by atoms with Gasteiger partial charge >= 0.3 is 5.97 Å². The summed E-state index contributed by atoms with van der Waals surface area (Å²) in [7, 11) is 0. The lowest BCUT2D eigenvalue weighted by Gasteiger charge is -2.17. The Morgan fingerprint density at radius 2 is 1.71 bits per heavy atom. The molecule has 0 spiro atoms. The highest BCUT2D eigenvalue weighted by molar-refractivity contribution is 9.09. The molecule has 0 heterocycles.